The number of oxime groups is 1. The second kappa shape index (κ2) is 12.3. The summed E-state index contributed by atoms with van der Waals surface area (Å²) >= 11 is 0. The van der Waals surface area contributed by atoms with E-state index in [2.05, 4.69) is 19.6 Å². The molecular weight excluding hydrogens is 546 g/mol. The van der Waals surface area contributed by atoms with Crippen molar-refractivity contribution < 1.29 is 50.2 Å². The van der Waals surface area contributed by atoms with E-state index in [1.54, 1.807) is 20.8 Å². The zero-order chi connectivity index (χ0) is 29.7. The van der Waals surface area contributed by atoms with Crippen LogP contribution in [0.5, 0.6) is 17.2 Å². The Morgan fingerprint density at radius 2 is 1.32 bits per heavy atom. The molecule has 0 fully saturated rings. The summed E-state index contributed by atoms with van der Waals surface area (Å²) in [4.78, 5) is 21.7. The van der Waals surface area contributed by atoms with Crippen molar-refractivity contribution >= 4 is 12.2 Å². The lowest BCUT2D eigenvalue weighted by Gasteiger charge is -2.18. The van der Waals surface area contributed by atoms with Crippen LogP contribution in [0, 0.1) is 20.8 Å². The van der Waals surface area contributed by atoms with Gasteiger partial charge in [0.1, 0.15) is 17.2 Å². The fourth-order valence-electron chi connectivity index (χ4n) is 3.72. The molecule has 0 aliphatic carbocycles. The van der Waals surface area contributed by atoms with E-state index in [1.807, 2.05) is 0 Å². The molecule has 0 N–H and O–H groups in total. The van der Waals surface area contributed by atoms with Crippen molar-refractivity contribution in [2.24, 2.45) is 5.16 Å². The van der Waals surface area contributed by atoms with Gasteiger partial charge < -0.3 is 19.0 Å². The zero-order valence-electron chi connectivity index (χ0n) is 21.7. The fraction of sp³-hybridized carbons (Fsp3) is 0.296. The van der Waals surface area contributed by atoms with Crippen LogP contribution in [0.1, 0.15) is 46.7 Å². The lowest BCUT2D eigenvalue weighted by atomic mass is 10.0. The first-order chi connectivity index (χ1) is 18.6. The third-order valence-electron chi connectivity index (χ3n) is 5.54. The predicted octanol–water partition coefficient (Wildman–Crippen LogP) is 7.06. The molecule has 1 aromatic heterocycles. The molecule has 2 aromatic carbocycles. The van der Waals surface area contributed by atoms with Crippen molar-refractivity contribution in [1.29, 1.82) is 0 Å². The molecule has 40 heavy (non-hydrogen) atoms. The zero-order valence-corrected chi connectivity index (χ0v) is 21.7. The maximum Gasteiger partial charge on any atom is 0.573 e. The molecule has 0 unspecified atom stereocenters. The van der Waals surface area contributed by atoms with Crippen LogP contribution in [-0.4, -0.2) is 29.9 Å². The second-order valence-electron chi connectivity index (χ2n) is 8.52. The molecule has 0 bridgehead atoms. The van der Waals surface area contributed by atoms with E-state index in [4.69, 9.17) is 9.57 Å². The Hall–Kier alpha value is -4.29. The lowest BCUT2D eigenvalue weighted by Crippen LogP contribution is -2.17. The summed E-state index contributed by atoms with van der Waals surface area (Å²) in [5.74, 6) is -1.11. The third kappa shape index (κ3) is 8.61. The van der Waals surface area contributed by atoms with Crippen LogP contribution in [0.4, 0.5) is 26.3 Å². The molecule has 3 aromatic rings. The number of nitrogens with zero attached hydrogens (tertiary/aromatic N) is 2. The molecule has 0 aliphatic heterocycles. The summed E-state index contributed by atoms with van der Waals surface area (Å²) in [6.07, 6.45) is -9.28. The Bertz CT molecular complexity index is 1290. The molecule has 0 radical (unpaired) electrons. The van der Waals surface area contributed by atoms with E-state index in [0.717, 1.165) is 24.3 Å². The smallest absolute Gasteiger partial charge is 0.426 e. The summed E-state index contributed by atoms with van der Waals surface area (Å²) in [5.41, 5.74) is 3.21. The van der Waals surface area contributed by atoms with Gasteiger partial charge in [0.15, 0.2) is 6.10 Å². The highest BCUT2D eigenvalue weighted by Crippen LogP contribution is 2.32. The maximum atomic E-state index is 12.5. The van der Waals surface area contributed by atoms with E-state index in [1.165, 1.54) is 37.4 Å². The molecule has 0 amide bonds. The highest BCUT2D eigenvalue weighted by Gasteiger charge is 2.32. The summed E-state index contributed by atoms with van der Waals surface area (Å²) < 4.78 is 88.4. The average Bonchev–Trinajstić information content (AvgIpc) is 2.83. The number of alkyl halides is 6. The Labute approximate surface area is 225 Å². The van der Waals surface area contributed by atoms with Crippen LogP contribution in [0.25, 0.3) is 0 Å². The monoisotopic (exact) mass is 570 g/mol. The maximum absolute atomic E-state index is 12.5. The van der Waals surface area contributed by atoms with Crippen LogP contribution >= 0.6 is 0 Å². The molecule has 0 atom stereocenters. The number of halogens is 6. The molecule has 0 saturated heterocycles. The van der Waals surface area contributed by atoms with Crippen molar-refractivity contribution in [2.75, 3.05) is 0 Å². The number of esters is 1. The Morgan fingerprint density at radius 1 is 0.850 bits per heavy atom. The van der Waals surface area contributed by atoms with E-state index in [9.17, 15) is 31.1 Å². The lowest BCUT2D eigenvalue weighted by molar-refractivity contribution is -0.275. The van der Waals surface area contributed by atoms with Gasteiger partial charge in [-0.05, 0) is 56.2 Å². The molecule has 7 nitrogen and oxygen atoms in total. The number of carbonyl (C=O) groups is 1. The largest absolute Gasteiger partial charge is 0.573 e. The van der Waals surface area contributed by atoms with Gasteiger partial charge in [0.25, 0.3) is 0 Å². The first kappa shape index (κ1) is 30.3. The third-order valence-corrected chi connectivity index (χ3v) is 5.54. The first-order valence-corrected chi connectivity index (χ1v) is 11.7. The number of ether oxygens (including phenoxy) is 3. The Kier molecular flexibility index (Phi) is 9.28. The number of benzene rings is 2. The van der Waals surface area contributed by atoms with Gasteiger partial charge in [-0.25, -0.2) is 0 Å². The van der Waals surface area contributed by atoms with E-state index >= 15 is 0 Å². The van der Waals surface area contributed by atoms with Gasteiger partial charge in [-0.15, -0.1) is 26.3 Å². The average molecular weight is 570 g/mol. The van der Waals surface area contributed by atoms with Crippen LogP contribution in [0.2, 0.25) is 0 Å². The van der Waals surface area contributed by atoms with E-state index in [0.29, 0.717) is 39.4 Å². The molecule has 0 saturated carbocycles. The topological polar surface area (TPSA) is 79.2 Å². The predicted molar refractivity (Wildman–Crippen MR) is 131 cm³/mol. The molecule has 214 valence electrons. The van der Waals surface area contributed by atoms with Crippen LogP contribution in [-0.2, 0) is 16.1 Å². The van der Waals surface area contributed by atoms with E-state index < -0.39 is 36.3 Å². The number of aryl methyl sites for hydroxylation is 2. The minimum absolute atomic E-state index is 0.145. The van der Waals surface area contributed by atoms with Gasteiger partial charge in [-0.1, -0.05) is 29.4 Å². The Balaban J connectivity index is 1.88. The number of pyridine rings is 1. The van der Waals surface area contributed by atoms with Crippen molar-refractivity contribution in [3.63, 3.8) is 0 Å². The quantitative estimate of drug-likeness (QED) is 0.119. The molecule has 3 rings (SSSR count). The molecular formula is C27H24F6N2O5. The fourth-order valence-corrected chi connectivity index (χ4v) is 3.72. The number of hydrogen-bond donors (Lipinski definition) is 0. The highest BCUT2D eigenvalue weighted by molar-refractivity contribution is 5.72. The Morgan fingerprint density at radius 3 is 1.75 bits per heavy atom. The van der Waals surface area contributed by atoms with Crippen LogP contribution < -0.4 is 14.2 Å². The number of aromatic nitrogens is 1. The second-order valence-corrected chi connectivity index (χ2v) is 8.52. The first-order valence-electron chi connectivity index (χ1n) is 11.7. The number of rotatable bonds is 9. The van der Waals surface area contributed by atoms with Gasteiger partial charge in [-0.3, -0.25) is 9.78 Å². The van der Waals surface area contributed by atoms with Crippen LogP contribution in [0.15, 0.2) is 53.7 Å². The highest BCUT2D eigenvalue weighted by atomic mass is 19.4. The van der Waals surface area contributed by atoms with E-state index in [-0.39, 0.29) is 6.42 Å². The van der Waals surface area contributed by atoms with Gasteiger partial charge in [0.2, 0.25) is 0 Å². The van der Waals surface area contributed by atoms with Crippen molar-refractivity contribution in [3.05, 3.63) is 82.2 Å². The molecule has 0 spiro atoms. The number of hydrogen-bond acceptors (Lipinski definition) is 7. The summed E-state index contributed by atoms with van der Waals surface area (Å²) in [6, 6.07) is 9.49. The van der Waals surface area contributed by atoms with Crippen molar-refractivity contribution in [2.45, 2.75) is 52.9 Å². The van der Waals surface area contributed by atoms with Crippen molar-refractivity contribution in [1.82, 2.24) is 4.98 Å². The van der Waals surface area contributed by atoms with Gasteiger partial charge in [-0.2, -0.15) is 0 Å². The normalized spacial score (nSPS) is 12.1. The SMILES string of the molecule is CC(=O)Oc1c(C)c(C)nc(C)c1C/C=N/OC(c1ccc(OC(F)(F)F)cc1)c1ccc(OC(F)(F)F)cc1. The van der Waals surface area contributed by atoms with Crippen molar-refractivity contribution in [3.8, 4) is 17.2 Å². The summed E-state index contributed by atoms with van der Waals surface area (Å²) in [7, 11) is 0. The summed E-state index contributed by atoms with van der Waals surface area (Å²) in [5, 5.41) is 3.98. The molecule has 1 heterocycles. The van der Waals surface area contributed by atoms with Crippen LogP contribution in [0.3, 0.4) is 0 Å². The minimum Gasteiger partial charge on any atom is -0.426 e. The summed E-state index contributed by atoms with van der Waals surface area (Å²) in [6.45, 7) is 6.54. The van der Waals surface area contributed by atoms with Gasteiger partial charge in [0, 0.05) is 42.1 Å². The minimum atomic E-state index is -4.89. The molecule has 13 heteroatoms. The van der Waals surface area contributed by atoms with Gasteiger partial charge in [0.05, 0.1) is 0 Å². The van der Waals surface area contributed by atoms with Gasteiger partial charge >= 0.3 is 18.7 Å². The number of carbonyl (C=O) groups excluding carboxylic acids is 1. The standard InChI is InChI=1S/C27H24F6N2O5/c1-15-16(2)35-17(3)23(24(15)37-18(4)36)13-14-34-40-25(19-5-9-21(10-6-19)38-26(28,29)30)20-7-11-22(12-8-20)39-27(31,32)33/h5-12,14,25H,13H2,1-4H3/b34-14+. The molecule has 0 aliphatic rings.